The molecular weight excluding hydrogens is 356 g/mol. The summed E-state index contributed by atoms with van der Waals surface area (Å²) in [5.74, 6) is 0.633. The molecule has 0 bridgehead atoms. The highest BCUT2D eigenvalue weighted by molar-refractivity contribution is 8.00. The number of carbonyl (C=O) groups excluding carboxylic acids is 2. The van der Waals surface area contributed by atoms with Crippen LogP contribution in [0.3, 0.4) is 0 Å². The van der Waals surface area contributed by atoms with Crippen LogP contribution in [-0.2, 0) is 11.2 Å². The Hall–Kier alpha value is -2.27. The molecule has 0 radical (unpaired) electrons. The van der Waals surface area contributed by atoms with Crippen molar-refractivity contribution in [2.45, 2.75) is 25.2 Å². The summed E-state index contributed by atoms with van der Waals surface area (Å²) < 4.78 is 0. The van der Waals surface area contributed by atoms with E-state index in [4.69, 9.17) is 0 Å². The number of carbonyl (C=O) groups is 2. The van der Waals surface area contributed by atoms with E-state index in [1.165, 1.54) is 11.1 Å². The van der Waals surface area contributed by atoms with Crippen LogP contribution in [-0.4, -0.2) is 53.5 Å². The van der Waals surface area contributed by atoms with Crippen molar-refractivity contribution in [3.05, 3.63) is 65.2 Å². The van der Waals surface area contributed by atoms with Crippen molar-refractivity contribution in [1.29, 1.82) is 0 Å². The molecule has 0 atom stereocenters. The van der Waals surface area contributed by atoms with Crippen LogP contribution >= 0.6 is 11.8 Å². The van der Waals surface area contributed by atoms with Crippen LogP contribution < -0.4 is 0 Å². The fraction of sp³-hybridized carbons (Fsp3) is 0.364. The molecule has 5 heteroatoms. The van der Waals surface area contributed by atoms with E-state index >= 15 is 0 Å². The Morgan fingerprint density at radius 1 is 0.889 bits per heavy atom. The number of nitrogens with zero attached hydrogens (tertiary/aromatic N) is 2. The molecule has 0 aliphatic carbocycles. The van der Waals surface area contributed by atoms with Gasteiger partial charge in [-0.05, 0) is 43.2 Å². The summed E-state index contributed by atoms with van der Waals surface area (Å²) in [5.41, 5.74) is 3.17. The number of hydrogen-bond acceptors (Lipinski definition) is 3. The molecule has 142 valence electrons. The predicted octanol–water partition coefficient (Wildman–Crippen LogP) is 3.63. The molecule has 2 aromatic rings. The van der Waals surface area contributed by atoms with Gasteiger partial charge in [-0.2, -0.15) is 0 Å². The summed E-state index contributed by atoms with van der Waals surface area (Å²) in [6, 6.07) is 16.0. The van der Waals surface area contributed by atoms with Crippen molar-refractivity contribution in [2.75, 3.05) is 31.9 Å². The van der Waals surface area contributed by atoms with Crippen molar-refractivity contribution in [1.82, 2.24) is 9.80 Å². The van der Waals surface area contributed by atoms with Crippen molar-refractivity contribution in [2.24, 2.45) is 0 Å². The number of thioether (sulfide) groups is 1. The number of aryl methyl sites for hydroxylation is 2. The SMILES string of the molecule is CCc1ccc(C(=O)N2CCN(C(=O)CSc3ccc(C)cc3)CC2)cc1. The average Bonchev–Trinajstić information content (AvgIpc) is 2.73. The number of piperazine rings is 1. The quantitative estimate of drug-likeness (QED) is 0.742. The van der Waals surface area contributed by atoms with Crippen LogP contribution in [0.4, 0.5) is 0 Å². The molecule has 0 unspecified atom stereocenters. The Kier molecular flexibility index (Phi) is 6.56. The highest BCUT2D eigenvalue weighted by atomic mass is 32.2. The van der Waals surface area contributed by atoms with E-state index in [0.29, 0.717) is 31.9 Å². The summed E-state index contributed by atoms with van der Waals surface area (Å²) in [4.78, 5) is 29.9. The van der Waals surface area contributed by atoms with Gasteiger partial charge in [0.2, 0.25) is 5.91 Å². The normalized spacial score (nSPS) is 14.3. The fourth-order valence-electron chi connectivity index (χ4n) is 3.10. The van der Waals surface area contributed by atoms with Gasteiger partial charge in [0.1, 0.15) is 0 Å². The molecule has 2 aromatic carbocycles. The molecule has 1 fully saturated rings. The topological polar surface area (TPSA) is 40.6 Å². The van der Waals surface area contributed by atoms with Gasteiger partial charge in [0.25, 0.3) is 5.91 Å². The second kappa shape index (κ2) is 9.09. The molecule has 0 spiro atoms. The molecule has 3 rings (SSSR count). The minimum Gasteiger partial charge on any atom is -0.338 e. The van der Waals surface area contributed by atoms with Crippen LogP contribution in [0.5, 0.6) is 0 Å². The maximum Gasteiger partial charge on any atom is 0.253 e. The van der Waals surface area contributed by atoms with E-state index < -0.39 is 0 Å². The fourth-order valence-corrected chi connectivity index (χ4v) is 3.90. The zero-order chi connectivity index (χ0) is 19.2. The number of benzene rings is 2. The molecule has 1 aliphatic heterocycles. The predicted molar refractivity (Wildman–Crippen MR) is 110 cm³/mol. The van der Waals surface area contributed by atoms with E-state index in [9.17, 15) is 9.59 Å². The molecule has 1 heterocycles. The third-order valence-electron chi connectivity index (χ3n) is 4.91. The first-order chi connectivity index (χ1) is 13.1. The Bertz CT molecular complexity index is 779. The first-order valence-electron chi connectivity index (χ1n) is 9.42. The maximum atomic E-state index is 12.6. The molecule has 4 nitrogen and oxygen atoms in total. The molecular formula is C22H26N2O2S. The van der Waals surface area contributed by atoms with Crippen molar-refractivity contribution in [3.63, 3.8) is 0 Å². The maximum absolute atomic E-state index is 12.6. The highest BCUT2D eigenvalue weighted by Gasteiger charge is 2.24. The monoisotopic (exact) mass is 382 g/mol. The molecule has 27 heavy (non-hydrogen) atoms. The minimum absolute atomic E-state index is 0.0544. The van der Waals surface area contributed by atoms with Gasteiger partial charge in [0, 0.05) is 36.6 Å². The number of hydrogen-bond donors (Lipinski definition) is 0. The van der Waals surface area contributed by atoms with Gasteiger partial charge in [-0.1, -0.05) is 36.8 Å². The molecule has 0 N–H and O–H groups in total. The lowest BCUT2D eigenvalue weighted by atomic mass is 10.1. The van der Waals surface area contributed by atoms with E-state index in [2.05, 4.69) is 26.0 Å². The van der Waals surface area contributed by atoms with Gasteiger partial charge in [0.05, 0.1) is 5.75 Å². The summed E-state index contributed by atoms with van der Waals surface area (Å²) >= 11 is 1.57. The molecule has 1 aliphatic rings. The van der Waals surface area contributed by atoms with E-state index in [1.54, 1.807) is 11.8 Å². The Balaban J connectivity index is 1.48. The van der Waals surface area contributed by atoms with Gasteiger partial charge in [-0.25, -0.2) is 0 Å². The van der Waals surface area contributed by atoms with Gasteiger partial charge in [-0.3, -0.25) is 9.59 Å². The van der Waals surface area contributed by atoms with E-state index in [1.807, 2.05) is 46.2 Å². The lowest BCUT2D eigenvalue weighted by Crippen LogP contribution is -2.51. The third kappa shape index (κ3) is 5.13. The average molecular weight is 383 g/mol. The van der Waals surface area contributed by atoms with E-state index in [0.717, 1.165) is 16.9 Å². The largest absolute Gasteiger partial charge is 0.338 e. The Labute approximate surface area is 165 Å². The first kappa shape index (κ1) is 19.5. The molecule has 1 saturated heterocycles. The van der Waals surface area contributed by atoms with Gasteiger partial charge < -0.3 is 9.80 Å². The summed E-state index contributed by atoms with van der Waals surface area (Å²) in [6.45, 7) is 6.55. The van der Waals surface area contributed by atoms with Gasteiger partial charge in [-0.15, -0.1) is 11.8 Å². The minimum atomic E-state index is 0.0544. The second-order valence-electron chi connectivity index (χ2n) is 6.83. The van der Waals surface area contributed by atoms with Crippen LogP contribution in [0.25, 0.3) is 0 Å². The van der Waals surface area contributed by atoms with Crippen LogP contribution in [0, 0.1) is 6.92 Å². The Morgan fingerprint density at radius 3 is 2.07 bits per heavy atom. The highest BCUT2D eigenvalue weighted by Crippen LogP contribution is 2.19. The van der Waals surface area contributed by atoms with Gasteiger partial charge >= 0.3 is 0 Å². The summed E-state index contributed by atoms with van der Waals surface area (Å²) in [6.07, 6.45) is 0.968. The molecule has 0 saturated carbocycles. The van der Waals surface area contributed by atoms with E-state index in [-0.39, 0.29) is 11.8 Å². The molecule has 2 amide bonds. The second-order valence-corrected chi connectivity index (χ2v) is 7.87. The number of amides is 2. The standard InChI is InChI=1S/C22H26N2O2S/c1-3-18-6-8-19(9-7-18)22(26)24-14-12-23(13-15-24)21(25)16-27-20-10-4-17(2)5-11-20/h4-11H,3,12-16H2,1-2H3. The third-order valence-corrected chi connectivity index (χ3v) is 5.91. The summed E-state index contributed by atoms with van der Waals surface area (Å²) in [5, 5.41) is 0. The number of rotatable bonds is 5. The van der Waals surface area contributed by atoms with Crippen molar-refractivity contribution in [3.8, 4) is 0 Å². The lowest BCUT2D eigenvalue weighted by molar-refractivity contribution is -0.129. The van der Waals surface area contributed by atoms with Gasteiger partial charge in [0.15, 0.2) is 0 Å². The van der Waals surface area contributed by atoms with Crippen LogP contribution in [0.2, 0.25) is 0 Å². The van der Waals surface area contributed by atoms with Crippen molar-refractivity contribution < 1.29 is 9.59 Å². The first-order valence-corrected chi connectivity index (χ1v) is 10.4. The molecule has 0 aromatic heterocycles. The smallest absolute Gasteiger partial charge is 0.253 e. The lowest BCUT2D eigenvalue weighted by Gasteiger charge is -2.34. The van der Waals surface area contributed by atoms with Crippen LogP contribution in [0.15, 0.2) is 53.4 Å². The zero-order valence-electron chi connectivity index (χ0n) is 16.0. The Morgan fingerprint density at radius 2 is 1.48 bits per heavy atom. The zero-order valence-corrected chi connectivity index (χ0v) is 16.8. The van der Waals surface area contributed by atoms with Crippen LogP contribution in [0.1, 0.15) is 28.4 Å². The summed E-state index contributed by atoms with van der Waals surface area (Å²) in [7, 11) is 0. The van der Waals surface area contributed by atoms with Crippen molar-refractivity contribution >= 4 is 23.6 Å².